The van der Waals surface area contributed by atoms with Crippen LogP contribution in [0.1, 0.15) is 31.2 Å². The van der Waals surface area contributed by atoms with Crippen molar-refractivity contribution in [2.75, 3.05) is 0 Å². The van der Waals surface area contributed by atoms with Crippen LogP contribution in [0.15, 0.2) is 36.4 Å². The topological polar surface area (TPSA) is 44.9 Å². The minimum atomic E-state index is -4.55. The number of alkyl halides is 3. The fourth-order valence-electron chi connectivity index (χ4n) is 3.97. The van der Waals surface area contributed by atoms with Crippen LogP contribution in [0.25, 0.3) is 22.2 Å². The van der Waals surface area contributed by atoms with E-state index in [1.807, 2.05) is 0 Å². The molecule has 2 aromatic carbocycles. The van der Waals surface area contributed by atoms with Crippen LogP contribution in [-0.4, -0.2) is 22.6 Å². The van der Waals surface area contributed by atoms with Crippen molar-refractivity contribution in [3.05, 3.63) is 59.4 Å². The van der Waals surface area contributed by atoms with Gasteiger partial charge in [-0.25, -0.2) is 13.2 Å². The Balaban J connectivity index is 1.65. The zero-order chi connectivity index (χ0) is 22.4. The maximum atomic E-state index is 14.3. The van der Waals surface area contributed by atoms with Gasteiger partial charge in [-0.3, -0.25) is 4.79 Å². The highest BCUT2D eigenvalue weighted by molar-refractivity contribution is 5.92. The van der Waals surface area contributed by atoms with E-state index in [4.69, 9.17) is 0 Å². The molecule has 2 N–H and O–H groups in total. The average Bonchev–Trinajstić information content (AvgIpc) is 3.01. The van der Waals surface area contributed by atoms with Crippen molar-refractivity contribution >= 4 is 16.8 Å². The molecule has 0 spiro atoms. The lowest BCUT2D eigenvalue weighted by atomic mass is 9.76. The number of rotatable bonds is 5. The summed E-state index contributed by atoms with van der Waals surface area (Å²) in [7, 11) is 0. The lowest BCUT2D eigenvalue weighted by Crippen LogP contribution is -2.63. The third-order valence-corrected chi connectivity index (χ3v) is 5.80. The van der Waals surface area contributed by atoms with Gasteiger partial charge in [0.1, 0.15) is 23.0 Å². The van der Waals surface area contributed by atoms with Gasteiger partial charge < -0.3 is 10.3 Å². The second kappa shape index (κ2) is 7.62. The van der Waals surface area contributed by atoms with E-state index in [0.717, 1.165) is 6.07 Å². The zero-order valence-corrected chi connectivity index (χ0v) is 16.2. The first-order valence-corrected chi connectivity index (χ1v) is 9.73. The number of nitrogens with one attached hydrogen (secondary N) is 2. The molecule has 0 atom stereocenters. The van der Waals surface area contributed by atoms with Crippen molar-refractivity contribution in [3.63, 3.8) is 0 Å². The molecule has 9 heteroatoms. The number of aryl methyl sites for hydroxylation is 1. The molecule has 3 aromatic rings. The van der Waals surface area contributed by atoms with E-state index in [1.54, 1.807) is 0 Å². The third kappa shape index (κ3) is 3.88. The number of halogens is 6. The number of aromatic nitrogens is 1. The first kappa shape index (κ1) is 21.3. The maximum absolute atomic E-state index is 14.3. The molecule has 31 heavy (non-hydrogen) atoms. The van der Waals surface area contributed by atoms with Gasteiger partial charge in [0.25, 0.3) is 0 Å². The lowest BCUT2D eigenvalue weighted by Gasteiger charge is -2.43. The summed E-state index contributed by atoms with van der Waals surface area (Å²) in [4.78, 5) is 15.2. The van der Waals surface area contributed by atoms with Gasteiger partial charge in [0, 0.05) is 23.6 Å². The van der Waals surface area contributed by atoms with Crippen LogP contribution in [0.4, 0.5) is 26.3 Å². The highest BCUT2D eigenvalue weighted by atomic mass is 19.4. The van der Waals surface area contributed by atoms with Crippen LogP contribution < -0.4 is 5.32 Å². The van der Waals surface area contributed by atoms with Crippen molar-refractivity contribution in [2.24, 2.45) is 0 Å². The average molecular weight is 440 g/mol. The molecule has 0 bridgehead atoms. The Morgan fingerprint density at radius 3 is 2.29 bits per heavy atom. The van der Waals surface area contributed by atoms with Gasteiger partial charge >= 0.3 is 6.18 Å². The first-order chi connectivity index (χ1) is 14.6. The fraction of sp³-hybridized carbons (Fsp3) is 0.318. The Labute approximate surface area is 173 Å². The van der Waals surface area contributed by atoms with E-state index >= 15 is 0 Å². The molecular formula is C22H18F6N2O. The summed E-state index contributed by atoms with van der Waals surface area (Å²) in [5, 5.41) is 2.28. The fourth-order valence-corrected chi connectivity index (χ4v) is 3.97. The smallest absolute Gasteiger partial charge is 0.352 e. The highest BCUT2D eigenvalue weighted by Crippen LogP contribution is 2.45. The normalized spacial score (nSPS) is 15.7. The summed E-state index contributed by atoms with van der Waals surface area (Å²) in [6.07, 6.45) is -4.89. The number of carbonyl (C=O) groups is 1. The van der Waals surface area contributed by atoms with Gasteiger partial charge in [-0.15, -0.1) is 0 Å². The molecule has 1 amide bonds. The molecule has 0 aliphatic heterocycles. The number of fused-ring (bicyclic) bond motifs is 1. The molecule has 1 aliphatic rings. The molecule has 0 radical (unpaired) electrons. The maximum Gasteiger partial charge on any atom is 0.411 e. The molecule has 4 rings (SSSR count). The summed E-state index contributed by atoms with van der Waals surface area (Å²) in [6.45, 7) is 0. The van der Waals surface area contributed by atoms with Gasteiger partial charge in [0.05, 0.1) is 5.52 Å². The van der Waals surface area contributed by atoms with Gasteiger partial charge in [0.15, 0.2) is 0 Å². The molecule has 1 aromatic heterocycles. The van der Waals surface area contributed by atoms with E-state index in [-0.39, 0.29) is 36.6 Å². The summed E-state index contributed by atoms with van der Waals surface area (Å²) in [5.74, 6) is -2.96. The van der Waals surface area contributed by atoms with Gasteiger partial charge in [-0.05, 0) is 67.1 Å². The first-order valence-electron chi connectivity index (χ1n) is 9.73. The molecule has 0 saturated heterocycles. The summed E-state index contributed by atoms with van der Waals surface area (Å²) < 4.78 is 81.4. The summed E-state index contributed by atoms with van der Waals surface area (Å²) in [6, 6.07) is 7.05. The van der Waals surface area contributed by atoms with E-state index in [2.05, 4.69) is 10.3 Å². The molecule has 1 saturated carbocycles. The molecule has 1 aliphatic carbocycles. The number of carbonyl (C=O) groups excluding carboxylic acids is 1. The van der Waals surface area contributed by atoms with Gasteiger partial charge in [-0.2, -0.15) is 13.2 Å². The van der Waals surface area contributed by atoms with Crippen molar-refractivity contribution in [3.8, 4) is 11.3 Å². The molecule has 1 fully saturated rings. The standard InChI is InChI=1S/C22H18F6N2O/c23-13-4-2-12(3-5-13)19-15(16-10-14(24)11-17(25)20(16)29-19)6-7-18(31)30-21(8-1-9-21)22(26,27)28/h2-5,10-11,29H,1,6-9H2,(H,30,31). The Kier molecular flexibility index (Phi) is 5.23. The lowest BCUT2D eigenvalue weighted by molar-refractivity contribution is -0.219. The van der Waals surface area contributed by atoms with Gasteiger partial charge in [-0.1, -0.05) is 0 Å². The van der Waals surface area contributed by atoms with Crippen LogP contribution in [0.3, 0.4) is 0 Å². The van der Waals surface area contributed by atoms with E-state index in [9.17, 15) is 31.1 Å². The predicted octanol–water partition coefficient (Wildman–Crippen LogP) is 5.79. The second-order valence-corrected chi connectivity index (χ2v) is 7.78. The van der Waals surface area contributed by atoms with E-state index < -0.39 is 35.1 Å². The number of hydrogen-bond donors (Lipinski definition) is 2. The number of hydrogen-bond acceptors (Lipinski definition) is 1. The minimum Gasteiger partial charge on any atom is -0.352 e. The second-order valence-electron chi connectivity index (χ2n) is 7.78. The Morgan fingerprint density at radius 1 is 1.03 bits per heavy atom. The van der Waals surface area contributed by atoms with Crippen molar-refractivity contribution in [2.45, 2.75) is 43.8 Å². The molecule has 3 nitrogen and oxygen atoms in total. The van der Waals surface area contributed by atoms with Crippen LogP contribution in [0, 0.1) is 17.5 Å². The monoisotopic (exact) mass is 440 g/mol. The van der Waals surface area contributed by atoms with Gasteiger partial charge in [0.2, 0.25) is 5.91 Å². The Bertz CT molecular complexity index is 1130. The van der Waals surface area contributed by atoms with Crippen LogP contribution >= 0.6 is 0 Å². The SMILES string of the molecule is O=C(CCc1c(-c2ccc(F)cc2)[nH]c2c(F)cc(F)cc12)NC1(C(F)(F)F)CCC1. The summed E-state index contributed by atoms with van der Waals surface area (Å²) >= 11 is 0. The largest absolute Gasteiger partial charge is 0.411 e. The van der Waals surface area contributed by atoms with Crippen LogP contribution in [0.2, 0.25) is 0 Å². The zero-order valence-electron chi connectivity index (χ0n) is 16.2. The number of benzene rings is 2. The molecule has 1 heterocycles. The van der Waals surface area contributed by atoms with Crippen LogP contribution in [0.5, 0.6) is 0 Å². The van der Waals surface area contributed by atoms with Crippen molar-refractivity contribution in [1.82, 2.24) is 10.3 Å². The summed E-state index contributed by atoms with van der Waals surface area (Å²) in [5.41, 5.74) is -1.02. The Morgan fingerprint density at radius 2 is 1.71 bits per heavy atom. The minimum absolute atomic E-state index is 0.00175. The van der Waals surface area contributed by atoms with Crippen molar-refractivity contribution in [1.29, 1.82) is 0 Å². The number of H-pyrrole nitrogens is 1. The molecule has 164 valence electrons. The quantitative estimate of drug-likeness (QED) is 0.485. The predicted molar refractivity (Wildman–Crippen MR) is 103 cm³/mol. The Hall–Kier alpha value is -2.97. The highest BCUT2D eigenvalue weighted by Gasteiger charge is 2.59. The molecular weight excluding hydrogens is 422 g/mol. The molecule has 0 unspecified atom stereocenters. The number of amides is 1. The van der Waals surface area contributed by atoms with Crippen LogP contribution in [-0.2, 0) is 11.2 Å². The number of aromatic amines is 1. The third-order valence-electron chi connectivity index (χ3n) is 5.80. The van der Waals surface area contributed by atoms with Crippen molar-refractivity contribution < 1.29 is 31.1 Å². The van der Waals surface area contributed by atoms with E-state index in [1.165, 1.54) is 24.3 Å². The van der Waals surface area contributed by atoms with E-state index in [0.29, 0.717) is 29.3 Å².